The van der Waals surface area contributed by atoms with Gasteiger partial charge in [0.1, 0.15) is 5.75 Å². The van der Waals surface area contributed by atoms with Gasteiger partial charge in [0.25, 0.3) is 0 Å². The molecule has 1 aliphatic carbocycles. The van der Waals surface area contributed by atoms with E-state index in [0.29, 0.717) is 5.92 Å². The molecule has 0 saturated heterocycles. The summed E-state index contributed by atoms with van der Waals surface area (Å²) in [4.78, 5) is 4.35. The van der Waals surface area contributed by atoms with Gasteiger partial charge in [-0.15, -0.1) is 0 Å². The number of hydrogen-bond acceptors (Lipinski definition) is 3. The van der Waals surface area contributed by atoms with Gasteiger partial charge in [-0.05, 0) is 36.7 Å². The van der Waals surface area contributed by atoms with E-state index in [1.807, 2.05) is 19.2 Å². The minimum absolute atomic E-state index is 0.535. The monoisotopic (exact) mass is 254 g/mol. The first kappa shape index (κ1) is 12.2. The van der Waals surface area contributed by atoms with E-state index in [0.717, 1.165) is 31.0 Å². The Labute approximate surface area is 113 Å². The van der Waals surface area contributed by atoms with E-state index in [1.165, 1.54) is 11.1 Å². The number of nitrogens with zero attached hydrogens (tertiary/aromatic N) is 1. The Balaban J connectivity index is 1.56. The number of nitrogens with one attached hydrogen (secondary N) is 1. The number of pyridine rings is 1. The Hall–Kier alpha value is -1.87. The third-order valence-corrected chi connectivity index (χ3v) is 3.57. The Bertz CT molecular complexity index is 551. The highest BCUT2D eigenvalue weighted by atomic mass is 16.5. The molecular formula is C16H18N2O. The molecule has 2 aromatic rings. The van der Waals surface area contributed by atoms with Gasteiger partial charge < -0.3 is 10.1 Å². The summed E-state index contributed by atoms with van der Waals surface area (Å²) in [6.07, 6.45) is 2.93. The molecule has 0 radical (unpaired) electrons. The summed E-state index contributed by atoms with van der Waals surface area (Å²) in [6, 6.07) is 12.6. The van der Waals surface area contributed by atoms with Gasteiger partial charge in [-0.1, -0.05) is 24.3 Å². The molecule has 3 nitrogen and oxygen atoms in total. The van der Waals surface area contributed by atoms with E-state index in [-0.39, 0.29) is 0 Å². The van der Waals surface area contributed by atoms with Gasteiger partial charge in [-0.3, -0.25) is 4.98 Å². The third kappa shape index (κ3) is 2.61. The van der Waals surface area contributed by atoms with Crippen LogP contribution in [0.3, 0.4) is 0 Å². The smallest absolute Gasteiger partial charge is 0.137 e. The minimum atomic E-state index is 0.535. The van der Waals surface area contributed by atoms with Gasteiger partial charge in [0, 0.05) is 12.5 Å². The number of rotatable bonds is 5. The maximum atomic E-state index is 5.82. The quantitative estimate of drug-likeness (QED) is 0.890. The van der Waals surface area contributed by atoms with Crippen LogP contribution in [0.2, 0.25) is 0 Å². The average molecular weight is 254 g/mol. The normalized spacial score (nSPS) is 16.6. The zero-order valence-electron chi connectivity index (χ0n) is 11.1. The van der Waals surface area contributed by atoms with Crippen molar-refractivity contribution in [2.45, 2.75) is 18.9 Å². The number of fused-ring (bicyclic) bond motifs is 1. The molecular weight excluding hydrogens is 236 g/mol. The molecule has 0 aliphatic heterocycles. The maximum Gasteiger partial charge on any atom is 0.137 e. The summed E-state index contributed by atoms with van der Waals surface area (Å²) in [6.45, 7) is 1.53. The fraction of sp³-hybridized carbons (Fsp3) is 0.312. The standard InChI is InChI=1S/C16H18N2O/c1-17-9-14-6-7-15(10-18-14)19-11-13-8-12-4-2-3-5-16(12)13/h2-7,10,13,17H,8-9,11H2,1H3. The number of hydrogen-bond donors (Lipinski definition) is 1. The Kier molecular flexibility index (Phi) is 3.47. The number of benzene rings is 1. The molecule has 1 aromatic carbocycles. The van der Waals surface area contributed by atoms with Gasteiger partial charge in [-0.25, -0.2) is 0 Å². The molecule has 1 aliphatic rings. The molecule has 19 heavy (non-hydrogen) atoms. The van der Waals surface area contributed by atoms with Gasteiger partial charge in [0.05, 0.1) is 18.5 Å². The SMILES string of the molecule is CNCc1ccc(OCC2Cc3ccccc32)cn1. The van der Waals surface area contributed by atoms with Crippen molar-refractivity contribution in [3.05, 3.63) is 59.4 Å². The van der Waals surface area contributed by atoms with Crippen LogP contribution in [-0.4, -0.2) is 18.6 Å². The van der Waals surface area contributed by atoms with Crippen molar-refractivity contribution in [2.24, 2.45) is 0 Å². The van der Waals surface area contributed by atoms with E-state index in [2.05, 4.69) is 34.6 Å². The van der Waals surface area contributed by atoms with Crippen molar-refractivity contribution in [1.82, 2.24) is 10.3 Å². The fourth-order valence-corrected chi connectivity index (χ4v) is 2.49. The largest absolute Gasteiger partial charge is 0.491 e. The van der Waals surface area contributed by atoms with Crippen molar-refractivity contribution >= 4 is 0 Å². The molecule has 0 spiro atoms. The lowest BCUT2D eigenvalue weighted by molar-refractivity contribution is 0.274. The van der Waals surface area contributed by atoms with Crippen LogP contribution in [0.25, 0.3) is 0 Å². The molecule has 0 bridgehead atoms. The number of aromatic nitrogens is 1. The lowest BCUT2D eigenvalue weighted by atomic mass is 9.78. The highest BCUT2D eigenvalue weighted by molar-refractivity contribution is 5.40. The van der Waals surface area contributed by atoms with Crippen molar-refractivity contribution in [2.75, 3.05) is 13.7 Å². The summed E-state index contributed by atoms with van der Waals surface area (Å²) in [5, 5.41) is 3.08. The second-order valence-corrected chi connectivity index (χ2v) is 4.93. The molecule has 1 unspecified atom stereocenters. The molecule has 1 heterocycles. The van der Waals surface area contributed by atoms with Crippen LogP contribution in [-0.2, 0) is 13.0 Å². The summed E-state index contributed by atoms with van der Waals surface area (Å²) < 4.78 is 5.82. The summed E-state index contributed by atoms with van der Waals surface area (Å²) in [5.74, 6) is 1.39. The van der Waals surface area contributed by atoms with E-state index in [9.17, 15) is 0 Å². The zero-order valence-corrected chi connectivity index (χ0v) is 11.1. The summed E-state index contributed by atoms with van der Waals surface area (Å²) in [5.41, 5.74) is 3.92. The molecule has 0 amide bonds. The van der Waals surface area contributed by atoms with Crippen LogP contribution < -0.4 is 10.1 Å². The second kappa shape index (κ2) is 5.41. The van der Waals surface area contributed by atoms with Crippen LogP contribution >= 0.6 is 0 Å². The first-order valence-electron chi connectivity index (χ1n) is 6.67. The summed E-state index contributed by atoms with van der Waals surface area (Å²) >= 11 is 0. The molecule has 98 valence electrons. The zero-order chi connectivity index (χ0) is 13.1. The first-order valence-corrected chi connectivity index (χ1v) is 6.67. The molecule has 0 saturated carbocycles. The van der Waals surface area contributed by atoms with Gasteiger partial charge in [0.2, 0.25) is 0 Å². The van der Waals surface area contributed by atoms with Crippen LogP contribution in [0, 0.1) is 0 Å². The second-order valence-electron chi connectivity index (χ2n) is 4.93. The Morgan fingerprint density at radius 1 is 1.26 bits per heavy atom. The molecule has 3 rings (SSSR count). The molecule has 1 N–H and O–H groups in total. The van der Waals surface area contributed by atoms with Crippen molar-refractivity contribution in [1.29, 1.82) is 0 Å². The van der Waals surface area contributed by atoms with Crippen molar-refractivity contribution in [3.8, 4) is 5.75 Å². The summed E-state index contributed by atoms with van der Waals surface area (Å²) in [7, 11) is 1.92. The highest BCUT2D eigenvalue weighted by Gasteiger charge is 2.25. The lowest BCUT2D eigenvalue weighted by Gasteiger charge is -2.29. The lowest BCUT2D eigenvalue weighted by Crippen LogP contribution is -2.23. The third-order valence-electron chi connectivity index (χ3n) is 3.57. The van der Waals surface area contributed by atoms with Gasteiger partial charge >= 0.3 is 0 Å². The number of ether oxygens (including phenoxy) is 1. The molecule has 3 heteroatoms. The average Bonchev–Trinajstić information content (AvgIpc) is 2.42. The molecule has 0 fully saturated rings. The molecule has 1 aromatic heterocycles. The molecule has 1 atom stereocenters. The van der Waals surface area contributed by atoms with Gasteiger partial charge in [0.15, 0.2) is 0 Å². The van der Waals surface area contributed by atoms with E-state index >= 15 is 0 Å². The van der Waals surface area contributed by atoms with E-state index < -0.39 is 0 Å². The minimum Gasteiger partial charge on any atom is -0.491 e. The first-order chi connectivity index (χ1) is 9.36. The van der Waals surface area contributed by atoms with E-state index in [1.54, 1.807) is 6.20 Å². The Morgan fingerprint density at radius 2 is 2.16 bits per heavy atom. The highest BCUT2D eigenvalue weighted by Crippen LogP contribution is 2.34. The maximum absolute atomic E-state index is 5.82. The predicted octanol–water partition coefficient (Wildman–Crippen LogP) is 2.52. The van der Waals surface area contributed by atoms with Crippen LogP contribution in [0.4, 0.5) is 0 Å². The van der Waals surface area contributed by atoms with Crippen LogP contribution in [0.1, 0.15) is 22.7 Å². The van der Waals surface area contributed by atoms with Crippen molar-refractivity contribution < 1.29 is 4.74 Å². The topological polar surface area (TPSA) is 34.1 Å². The van der Waals surface area contributed by atoms with Crippen LogP contribution in [0.5, 0.6) is 5.75 Å². The van der Waals surface area contributed by atoms with Gasteiger partial charge in [-0.2, -0.15) is 0 Å². The van der Waals surface area contributed by atoms with Crippen molar-refractivity contribution in [3.63, 3.8) is 0 Å². The van der Waals surface area contributed by atoms with E-state index in [4.69, 9.17) is 4.74 Å². The van der Waals surface area contributed by atoms with Crippen LogP contribution in [0.15, 0.2) is 42.6 Å². The predicted molar refractivity (Wildman–Crippen MR) is 75.4 cm³/mol. The Morgan fingerprint density at radius 3 is 2.89 bits per heavy atom. The fourth-order valence-electron chi connectivity index (χ4n) is 2.49.